The summed E-state index contributed by atoms with van der Waals surface area (Å²) in [4.78, 5) is 16.3. The van der Waals surface area contributed by atoms with Crippen LogP contribution in [-0.4, -0.2) is 26.0 Å². The maximum Gasteiger partial charge on any atom is 0.275 e. The van der Waals surface area contributed by atoms with Crippen molar-refractivity contribution < 1.29 is 14.3 Å². The zero-order valence-corrected chi connectivity index (χ0v) is 11.5. The van der Waals surface area contributed by atoms with Crippen molar-refractivity contribution in [2.24, 2.45) is 10.9 Å². The number of rotatable bonds is 4. The summed E-state index contributed by atoms with van der Waals surface area (Å²) < 4.78 is 10.5. The molecule has 0 saturated heterocycles. The highest BCUT2D eigenvalue weighted by Crippen LogP contribution is 2.33. The summed E-state index contributed by atoms with van der Waals surface area (Å²) in [6.45, 7) is 0. The van der Waals surface area contributed by atoms with Crippen LogP contribution in [0.4, 0.5) is 0 Å². The van der Waals surface area contributed by atoms with Gasteiger partial charge in [-0.05, 0) is 37.1 Å². The first-order valence-corrected chi connectivity index (χ1v) is 6.55. The molecule has 1 aliphatic carbocycles. The Morgan fingerprint density at radius 3 is 2.75 bits per heavy atom. The minimum absolute atomic E-state index is 0.156. The lowest BCUT2D eigenvalue weighted by atomic mass is 10.1. The predicted octanol–water partition coefficient (Wildman–Crippen LogP) is 1.98. The quantitative estimate of drug-likeness (QED) is 0.853. The number of carbonyl (C=O) groups excluding carboxylic acids is 1. The Morgan fingerprint density at radius 1 is 1.30 bits per heavy atom. The molecule has 1 aromatic rings. The van der Waals surface area contributed by atoms with Gasteiger partial charge in [0.1, 0.15) is 23.0 Å². The van der Waals surface area contributed by atoms with Crippen molar-refractivity contribution in [2.75, 3.05) is 14.2 Å². The average molecular weight is 272 g/mol. The van der Waals surface area contributed by atoms with Crippen LogP contribution < -0.4 is 14.8 Å². The molecule has 1 amide bonds. The molecule has 1 aromatic carbocycles. The van der Waals surface area contributed by atoms with Crippen LogP contribution >= 0.6 is 0 Å². The minimum atomic E-state index is -0.156. The largest absolute Gasteiger partial charge is 0.497 e. The maximum absolute atomic E-state index is 11.9. The zero-order valence-electron chi connectivity index (χ0n) is 11.5. The smallest absolute Gasteiger partial charge is 0.275 e. The number of ether oxygens (including phenoxy) is 2. The Balaban J connectivity index is 1.96. The van der Waals surface area contributed by atoms with E-state index in [9.17, 15) is 4.79 Å². The van der Waals surface area contributed by atoms with Crippen molar-refractivity contribution >= 4 is 17.8 Å². The van der Waals surface area contributed by atoms with Gasteiger partial charge < -0.3 is 14.8 Å². The monoisotopic (exact) mass is 272 g/mol. The van der Waals surface area contributed by atoms with Crippen molar-refractivity contribution in [3.8, 4) is 11.5 Å². The Morgan fingerprint density at radius 2 is 2.10 bits per heavy atom. The van der Waals surface area contributed by atoms with Gasteiger partial charge in [-0.25, -0.2) is 4.99 Å². The van der Waals surface area contributed by atoms with Gasteiger partial charge in [-0.1, -0.05) is 0 Å². The van der Waals surface area contributed by atoms with Crippen LogP contribution in [0.15, 0.2) is 28.9 Å². The van der Waals surface area contributed by atoms with E-state index in [0.29, 0.717) is 23.1 Å². The van der Waals surface area contributed by atoms with Crippen molar-refractivity contribution in [2.45, 2.75) is 12.8 Å². The number of methoxy groups -OCH3 is 2. The first-order chi connectivity index (χ1) is 9.71. The number of benzene rings is 1. The van der Waals surface area contributed by atoms with E-state index in [1.165, 1.54) is 0 Å². The van der Waals surface area contributed by atoms with Gasteiger partial charge in [0.05, 0.1) is 14.2 Å². The molecule has 0 spiro atoms. The van der Waals surface area contributed by atoms with E-state index in [1.807, 2.05) is 18.2 Å². The van der Waals surface area contributed by atoms with Crippen molar-refractivity contribution in [1.29, 1.82) is 0 Å². The summed E-state index contributed by atoms with van der Waals surface area (Å²) in [6, 6.07) is 5.45. The third kappa shape index (κ3) is 2.39. The highest BCUT2D eigenvalue weighted by Gasteiger charge is 2.33. The van der Waals surface area contributed by atoms with Crippen LogP contribution in [-0.2, 0) is 4.79 Å². The SMILES string of the molecule is COc1ccc(OC)c(/C=C2\N=C(C3CC3)NC2=O)c1. The van der Waals surface area contributed by atoms with Gasteiger partial charge in [0.25, 0.3) is 5.91 Å². The Bertz CT molecular complexity index is 616. The molecule has 0 bridgehead atoms. The molecule has 3 rings (SSSR count). The molecule has 5 heteroatoms. The number of amides is 1. The number of amidine groups is 1. The molecule has 0 aromatic heterocycles. The first-order valence-electron chi connectivity index (χ1n) is 6.55. The second kappa shape index (κ2) is 5.00. The molecule has 0 radical (unpaired) electrons. The van der Waals surface area contributed by atoms with E-state index in [-0.39, 0.29) is 5.91 Å². The summed E-state index contributed by atoms with van der Waals surface area (Å²) in [5.41, 5.74) is 1.19. The van der Waals surface area contributed by atoms with Gasteiger partial charge in [-0.2, -0.15) is 0 Å². The Hall–Kier alpha value is -2.30. The third-order valence-electron chi connectivity index (χ3n) is 3.41. The summed E-state index contributed by atoms with van der Waals surface area (Å²) >= 11 is 0. The van der Waals surface area contributed by atoms with Crippen LogP contribution in [0.3, 0.4) is 0 Å². The first kappa shape index (κ1) is 12.7. The fraction of sp³-hybridized carbons (Fsp3) is 0.333. The molecule has 104 valence electrons. The molecule has 1 fully saturated rings. The number of nitrogens with one attached hydrogen (secondary N) is 1. The summed E-state index contributed by atoms with van der Waals surface area (Å²) in [7, 11) is 3.20. The van der Waals surface area contributed by atoms with Crippen molar-refractivity contribution in [3.05, 3.63) is 29.5 Å². The molecule has 1 saturated carbocycles. The molecule has 1 aliphatic heterocycles. The van der Waals surface area contributed by atoms with Gasteiger partial charge in [0, 0.05) is 11.5 Å². The number of nitrogens with zero attached hydrogens (tertiary/aromatic N) is 1. The molecule has 0 atom stereocenters. The molecule has 5 nitrogen and oxygen atoms in total. The number of aliphatic imine (C=N–C) groups is 1. The Labute approximate surface area is 117 Å². The highest BCUT2D eigenvalue weighted by molar-refractivity contribution is 6.15. The zero-order chi connectivity index (χ0) is 14.1. The lowest BCUT2D eigenvalue weighted by Gasteiger charge is -2.07. The van der Waals surface area contributed by atoms with Gasteiger partial charge in [0.2, 0.25) is 0 Å². The second-order valence-corrected chi connectivity index (χ2v) is 4.86. The predicted molar refractivity (Wildman–Crippen MR) is 75.8 cm³/mol. The van der Waals surface area contributed by atoms with Gasteiger partial charge >= 0.3 is 0 Å². The lowest BCUT2D eigenvalue weighted by Crippen LogP contribution is -2.25. The fourth-order valence-electron chi connectivity index (χ4n) is 2.14. The van der Waals surface area contributed by atoms with Crippen LogP contribution in [0.1, 0.15) is 18.4 Å². The van der Waals surface area contributed by atoms with Crippen LogP contribution in [0, 0.1) is 5.92 Å². The van der Waals surface area contributed by atoms with Gasteiger partial charge in [-0.15, -0.1) is 0 Å². The Kier molecular flexibility index (Phi) is 3.18. The molecular formula is C15H16N2O3. The van der Waals surface area contributed by atoms with Crippen LogP contribution in [0.2, 0.25) is 0 Å². The molecule has 0 unspecified atom stereocenters. The van der Waals surface area contributed by atoms with Crippen LogP contribution in [0.25, 0.3) is 6.08 Å². The standard InChI is InChI=1S/C15H16N2O3/c1-19-11-5-6-13(20-2)10(7-11)8-12-15(18)17-14(16-12)9-3-4-9/h5-9H,3-4H2,1-2H3,(H,16,17,18)/b12-8-. The molecule has 1 heterocycles. The van der Waals surface area contributed by atoms with E-state index >= 15 is 0 Å². The topological polar surface area (TPSA) is 59.9 Å². The van der Waals surface area contributed by atoms with Crippen molar-refractivity contribution in [3.63, 3.8) is 0 Å². The van der Waals surface area contributed by atoms with E-state index < -0.39 is 0 Å². The minimum Gasteiger partial charge on any atom is -0.497 e. The van der Waals surface area contributed by atoms with E-state index in [2.05, 4.69) is 10.3 Å². The summed E-state index contributed by atoms with van der Waals surface area (Å²) in [5, 5.41) is 2.82. The fourth-order valence-corrected chi connectivity index (χ4v) is 2.14. The van der Waals surface area contributed by atoms with Gasteiger partial charge in [0.15, 0.2) is 0 Å². The van der Waals surface area contributed by atoms with E-state index in [1.54, 1.807) is 20.3 Å². The second-order valence-electron chi connectivity index (χ2n) is 4.86. The maximum atomic E-state index is 11.9. The van der Waals surface area contributed by atoms with Crippen molar-refractivity contribution in [1.82, 2.24) is 5.32 Å². The molecule has 2 aliphatic rings. The number of hydrogen-bond acceptors (Lipinski definition) is 4. The highest BCUT2D eigenvalue weighted by atomic mass is 16.5. The van der Waals surface area contributed by atoms with E-state index in [4.69, 9.17) is 9.47 Å². The normalized spacial score (nSPS) is 19.8. The molecule has 20 heavy (non-hydrogen) atoms. The molecule has 1 N–H and O–H groups in total. The number of carbonyl (C=O) groups is 1. The van der Waals surface area contributed by atoms with Gasteiger partial charge in [-0.3, -0.25) is 4.79 Å². The summed E-state index contributed by atoms with van der Waals surface area (Å²) in [5.74, 6) is 2.46. The molecular weight excluding hydrogens is 256 g/mol. The number of hydrogen-bond donors (Lipinski definition) is 1. The van der Waals surface area contributed by atoms with E-state index in [0.717, 1.165) is 24.2 Å². The third-order valence-corrected chi connectivity index (χ3v) is 3.41. The summed E-state index contributed by atoms with van der Waals surface area (Å²) in [6.07, 6.45) is 3.94. The lowest BCUT2D eigenvalue weighted by molar-refractivity contribution is -0.115. The van der Waals surface area contributed by atoms with Crippen LogP contribution in [0.5, 0.6) is 11.5 Å². The average Bonchev–Trinajstić information content (AvgIpc) is 3.25.